The highest BCUT2D eigenvalue weighted by Crippen LogP contribution is 2.37. The predicted octanol–water partition coefficient (Wildman–Crippen LogP) is 5.45. The van der Waals surface area contributed by atoms with Crippen molar-refractivity contribution in [2.75, 3.05) is 10.8 Å². The molecule has 0 aliphatic carbocycles. The second-order valence-electron chi connectivity index (χ2n) is 7.40. The fourth-order valence-corrected chi connectivity index (χ4v) is 7.24. The summed E-state index contributed by atoms with van der Waals surface area (Å²) in [6.07, 6.45) is -4.69. The van der Waals surface area contributed by atoms with Gasteiger partial charge in [0.25, 0.3) is 20.0 Å². The lowest BCUT2D eigenvalue weighted by molar-refractivity contribution is -0.137. The molecule has 182 valence electrons. The number of fused-ring (bicyclic) bond motifs is 1. The van der Waals surface area contributed by atoms with Gasteiger partial charge in [0.05, 0.1) is 28.2 Å². The van der Waals surface area contributed by atoms with Crippen molar-refractivity contribution in [1.29, 1.82) is 0 Å². The summed E-state index contributed by atoms with van der Waals surface area (Å²) in [5.74, 6) is 0.353. The second kappa shape index (κ2) is 8.90. The van der Waals surface area contributed by atoms with E-state index in [1.165, 1.54) is 43.5 Å². The molecule has 0 radical (unpaired) electrons. The average molecular weight is 522 g/mol. The van der Waals surface area contributed by atoms with E-state index in [1.807, 2.05) is 0 Å². The highest BCUT2D eigenvalue weighted by Gasteiger charge is 2.38. The van der Waals surface area contributed by atoms with Crippen LogP contribution in [0.1, 0.15) is 5.56 Å². The molecule has 0 aliphatic heterocycles. The first-order chi connectivity index (χ1) is 16.5. The van der Waals surface area contributed by atoms with Gasteiger partial charge in [0.15, 0.2) is 0 Å². The van der Waals surface area contributed by atoms with Crippen LogP contribution in [-0.2, 0) is 26.2 Å². The first-order valence-electron chi connectivity index (χ1n) is 10.1. The van der Waals surface area contributed by atoms with Crippen LogP contribution in [0, 0.1) is 0 Å². The van der Waals surface area contributed by atoms with E-state index in [9.17, 15) is 30.0 Å². The van der Waals surface area contributed by atoms with Crippen LogP contribution in [0.2, 0.25) is 0 Å². The summed E-state index contributed by atoms with van der Waals surface area (Å²) in [6.45, 7) is 0. The Labute approximate surface area is 200 Å². The van der Waals surface area contributed by atoms with Gasteiger partial charge in [0.2, 0.25) is 0 Å². The lowest BCUT2D eigenvalue weighted by Crippen LogP contribution is -2.37. The smallest absolute Gasteiger partial charge is 0.416 e. The van der Waals surface area contributed by atoms with Crippen LogP contribution in [0.15, 0.2) is 101 Å². The predicted molar refractivity (Wildman–Crippen MR) is 125 cm³/mol. The van der Waals surface area contributed by atoms with Gasteiger partial charge in [0.1, 0.15) is 5.75 Å². The molecule has 0 bridgehead atoms. The quantitative estimate of drug-likeness (QED) is 0.337. The molecule has 0 amide bonds. The zero-order valence-corrected chi connectivity index (χ0v) is 19.7. The lowest BCUT2D eigenvalue weighted by Gasteiger charge is -2.25. The second-order valence-corrected chi connectivity index (χ2v) is 11.2. The fourth-order valence-electron chi connectivity index (χ4n) is 3.51. The third-order valence-electron chi connectivity index (χ3n) is 5.24. The maximum Gasteiger partial charge on any atom is 0.416 e. The molecule has 6 nitrogen and oxygen atoms in total. The molecule has 0 fully saturated rings. The number of rotatable bonds is 6. The minimum absolute atomic E-state index is 0.168. The Bertz CT molecular complexity index is 1580. The SMILES string of the molecule is COc1ccc(S(=O)(=O)N(c2cccc3ccccc23)S(=O)(=O)c2ccc(C(F)(F)F)cc2)cc1. The van der Waals surface area contributed by atoms with Crippen molar-refractivity contribution < 1.29 is 34.7 Å². The van der Waals surface area contributed by atoms with Crippen molar-refractivity contribution in [3.05, 3.63) is 96.6 Å². The molecule has 4 aromatic carbocycles. The van der Waals surface area contributed by atoms with Crippen molar-refractivity contribution in [1.82, 2.24) is 0 Å². The summed E-state index contributed by atoms with van der Waals surface area (Å²) in [5.41, 5.74) is -1.23. The van der Waals surface area contributed by atoms with Crippen molar-refractivity contribution >= 4 is 36.5 Å². The molecular formula is C24H18F3NO5S2. The highest BCUT2D eigenvalue weighted by molar-refractivity contribution is 8.10. The number of alkyl halides is 3. The molecule has 11 heteroatoms. The Morgan fingerprint density at radius 2 is 1.20 bits per heavy atom. The molecular weight excluding hydrogens is 503 g/mol. The summed E-state index contributed by atoms with van der Waals surface area (Å²) >= 11 is 0. The van der Waals surface area contributed by atoms with E-state index < -0.39 is 36.7 Å². The first-order valence-corrected chi connectivity index (χ1v) is 12.9. The number of nitrogens with zero attached hydrogens (tertiary/aromatic N) is 1. The average Bonchev–Trinajstić information content (AvgIpc) is 2.83. The lowest BCUT2D eigenvalue weighted by atomic mass is 10.1. The highest BCUT2D eigenvalue weighted by atomic mass is 32.3. The Kier molecular flexibility index (Phi) is 6.24. The van der Waals surface area contributed by atoms with E-state index in [0.29, 0.717) is 28.7 Å². The van der Waals surface area contributed by atoms with Gasteiger partial charge >= 0.3 is 6.18 Å². The van der Waals surface area contributed by atoms with Crippen LogP contribution >= 0.6 is 0 Å². The van der Waals surface area contributed by atoms with Gasteiger partial charge in [-0.15, -0.1) is 0 Å². The van der Waals surface area contributed by atoms with Crippen molar-refractivity contribution in [3.8, 4) is 5.75 Å². The number of benzene rings is 4. The van der Waals surface area contributed by atoms with Crippen LogP contribution in [0.25, 0.3) is 10.8 Å². The van der Waals surface area contributed by atoms with Gasteiger partial charge in [-0.05, 0) is 60.0 Å². The Hall–Kier alpha value is -3.57. The van der Waals surface area contributed by atoms with Crippen LogP contribution in [0.3, 0.4) is 0 Å². The van der Waals surface area contributed by atoms with Crippen LogP contribution in [0.5, 0.6) is 5.75 Å². The molecule has 4 aromatic rings. The Morgan fingerprint density at radius 3 is 1.74 bits per heavy atom. The molecule has 0 N–H and O–H groups in total. The van der Waals surface area contributed by atoms with Crippen LogP contribution in [-0.4, -0.2) is 23.9 Å². The third kappa shape index (κ3) is 4.56. The summed E-state index contributed by atoms with van der Waals surface area (Å²) in [6, 6.07) is 18.8. The first kappa shape index (κ1) is 24.6. The summed E-state index contributed by atoms with van der Waals surface area (Å²) in [5, 5.41) is 0.894. The van der Waals surface area contributed by atoms with Gasteiger partial charge < -0.3 is 4.74 Å². The fraction of sp³-hybridized carbons (Fsp3) is 0.0833. The van der Waals surface area contributed by atoms with Gasteiger partial charge in [-0.3, -0.25) is 0 Å². The molecule has 0 heterocycles. The number of hydrogen-bond acceptors (Lipinski definition) is 5. The van der Waals surface area contributed by atoms with Crippen LogP contribution < -0.4 is 8.45 Å². The minimum atomic E-state index is -4.88. The van der Waals surface area contributed by atoms with Gasteiger partial charge in [0, 0.05) is 5.39 Å². The number of sulfonamides is 2. The van der Waals surface area contributed by atoms with E-state index in [1.54, 1.807) is 30.3 Å². The normalized spacial score (nSPS) is 12.5. The number of methoxy groups -OCH3 is 1. The number of halogens is 3. The van der Waals surface area contributed by atoms with E-state index in [2.05, 4.69) is 0 Å². The molecule has 0 saturated heterocycles. The Morgan fingerprint density at radius 1 is 0.686 bits per heavy atom. The molecule has 4 rings (SSSR count). The molecule has 0 aromatic heterocycles. The third-order valence-corrected chi connectivity index (χ3v) is 9.42. The molecule has 35 heavy (non-hydrogen) atoms. The summed E-state index contributed by atoms with van der Waals surface area (Å²) in [4.78, 5) is -0.961. The molecule has 0 spiro atoms. The largest absolute Gasteiger partial charge is 0.497 e. The van der Waals surface area contributed by atoms with E-state index in [0.717, 1.165) is 12.1 Å². The van der Waals surface area contributed by atoms with Crippen LogP contribution in [0.4, 0.5) is 18.9 Å². The maximum absolute atomic E-state index is 13.7. The van der Waals surface area contributed by atoms with Crippen molar-refractivity contribution in [3.63, 3.8) is 0 Å². The minimum Gasteiger partial charge on any atom is -0.497 e. The molecule has 0 atom stereocenters. The Balaban J connectivity index is 1.97. The number of ether oxygens (including phenoxy) is 1. The van der Waals surface area contributed by atoms with Gasteiger partial charge in [-0.1, -0.05) is 36.4 Å². The monoisotopic (exact) mass is 521 g/mol. The standard InChI is InChI=1S/C24H18F3NO5S2/c1-33-19-11-15-21(16-12-19)35(31,32)28(23-8-4-6-17-5-2-3-7-22(17)23)34(29,30)20-13-9-18(10-14-20)24(25,26)27/h2-16H,1H3. The topological polar surface area (TPSA) is 80.8 Å². The number of anilines is 1. The summed E-state index contributed by atoms with van der Waals surface area (Å²) < 4.78 is 99.3. The zero-order chi connectivity index (χ0) is 25.4. The maximum atomic E-state index is 13.7. The van der Waals surface area contributed by atoms with Crippen molar-refractivity contribution in [2.45, 2.75) is 16.0 Å². The van der Waals surface area contributed by atoms with Gasteiger partial charge in [-0.2, -0.15) is 16.9 Å². The summed E-state index contributed by atoms with van der Waals surface area (Å²) in [7, 11) is -8.24. The van der Waals surface area contributed by atoms with Crippen molar-refractivity contribution in [2.24, 2.45) is 0 Å². The van der Waals surface area contributed by atoms with E-state index >= 15 is 0 Å². The van der Waals surface area contributed by atoms with E-state index in [-0.39, 0.29) is 14.3 Å². The molecule has 0 saturated carbocycles. The zero-order valence-electron chi connectivity index (χ0n) is 18.1. The molecule has 0 unspecified atom stereocenters. The van der Waals surface area contributed by atoms with E-state index in [4.69, 9.17) is 4.74 Å². The van der Waals surface area contributed by atoms with Gasteiger partial charge in [-0.25, -0.2) is 16.8 Å². The molecule has 0 aliphatic rings. The number of hydrogen-bond donors (Lipinski definition) is 0.